The molecule has 5 heteroatoms. The number of piperidine rings is 1. The van der Waals surface area contributed by atoms with E-state index in [2.05, 4.69) is 27.7 Å². The van der Waals surface area contributed by atoms with Crippen molar-refractivity contribution in [3.05, 3.63) is 29.8 Å². The topological polar surface area (TPSA) is 53.6 Å². The van der Waals surface area contributed by atoms with Gasteiger partial charge in [0.05, 0.1) is 13.2 Å². The predicted octanol–water partition coefficient (Wildman–Crippen LogP) is 1.99. The maximum absolute atomic E-state index is 12.2. The Labute approximate surface area is 138 Å². The molecule has 1 aromatic rings. The molecule has 1 aromatic carbocycles. The molecule has 2 N–H and O–H groups in total. The molecular formula is C18H27N3O2. The number of nitrogens with zero attached hydrogens (tertiary/aromatic N) is 1. The molecule has 1 amide bonds. The van der Waals surface area contributed by atoms with Crippen molar-refractivity contribution in [2.45, 2.75) is 38.3 Å². The van der Waals surface area contributed by atoms with Crippen molar-refractivity contribution in [2.24, 2.45) is 0 Å². The highest BCUT2D eigenvalue weighted by atomic mass is 16.5. The SMILES string of the molecule is O=C(CC1COCCN1)Nc1cccc(CN2CCCCC2)c1. The van der Waals surface area contributed by atoms with Crippen molar-refractivity contribution in [2.75, 3.05) is 38.2 Å². The van der Waals surface area contributed by atoms with Gasteiger partial charge in [-0.05, 0) is 43.6 Å². The lowest BCUT2D eigenvalue weighted by Crippen LogP contribution is -2.43. The molecule has 5 nitrogen and oxygen atoms in total. The standard InChI is InChI=1S/C18H27N3O2/c22-18(12-17-14-23-10-7-19-17)20-16-6-4-5-15(11-16)13-21-8-2-1-3-9-21/h4-6,11,17,19H,1-3,7-10,12-14H2,(H,20,22). The molecule has 1 unspecified atom stereocenters. The van der Waals surface area contributed by atoms with E-state index in [4.69, 9.17) is 4.74 Å². The van der Waals surface area contributed by atoms with Crippen LogP contribution in [0.2, 0.25) is 0 Å². The third-order valence-corrected chi connectivity index (χ3v) is 4.50. The molecule has 0 radical (unpaired) electrons. The minimum atomic E-state index is 0.0446. The third-order valence-electron chi connectivity index (χ3n) is 4.50. The quantitative estimate of drug-likeness (QED) is 0.872. The zero-order valence-electron chi connectivity index (χ0n) is 13.7. The molecule has 3 rings (SSSR count). The lowest BCUT2D eigenvalue weighted by atomic mass is 10.1. The minimum absolute atomic E-state index is 0.0446. The lowest BCUT2D eigenvalue weighted by Gasteiger charge is -2.26. The number of nitrogens with one attached hydrogen (secondary N) is 2. The average Bonchev–Trinajstić information content (AvgIpc) is 2.57. The Kier molecular flexibility index (Phi) is 6.02. The second-order valence-corrected chi connectivity index (χ2v) is 6.52. The number of hydrogen-bond donors (Lipinski definition) is 2. The van der Waals surface area contributed by atoms with Crippen LogP contribution in [0.3, 0.4) is 0 Å². The van der Waals surface area contributed by atoms with Crippen molar-refractivity contribution in [1.29, 1.82) is 0 Å². The first-order valence-corrected chi connectivity index (χ1v) is 8.72. The summed E-state index contributed by atoms with van der Waals surface area (Å²) in [5.41, 5.74) is 2.16. The number of carbonyl (C=O) groups excluding carboxylic acids is 1. The molecule has 0 bridgehead atoms. The van der Waals surface area contributed by atoms with E-state index in [1.54, 1.807) is 0 Å². The number of rotatable bonds is 5. The summed E-state index contributed by atoms with van der Waals surface area (Å²) >= 11 is 0. The summed E-state index contributed by atoms with van der Waals surface area (Å²) in [5, 5.41) is 6.32. The number of ether oxygens (including phenoxy) is 1. The van der Waals surface area contributed by atoms with Crippen molar-refractivity contribution in [3.8, 4) is 0 Å². The van der Waals surface area contributed by atoms with Gasteiger partial charge in [-0.2, -0.15) is 0 Å². The molecule has 126 valence electrons. The van der Waals surface area contributed by atoms with Crippen LogP contribution in [-0.4, -0.2) is 49.7 Å². The number of likely N-dealkylation sites (tertiary alicyclic amines) is 1. The summed E-state index contributed by atoms with van der Waals surface area (Å²) in [5.74, 6) is 0.0446. The van der Waals surface area contributed by atoms with Crippen LogP contribution >= 0.6 is 0 Å². The smallest absolute Gasteiger partial charge is 0.226 e. The number of hydrogen-bond acceptors (Lipinski definition) is 4. The van der Waals surface area contributed by atoms with Gasteiger partial charge in [0, 0.05) is 31.2 Å². The zero-order valence-corrected chi connectivity index (χ0v) is 13.7. The first kappa shape index (κ1) is 16.4. The van der Waals surface area contributed by atoms with Crippen LogP contribution in [0.25, 0.3) is 0 Å². The van der Waals surface area contributed by atoms with Crippen molar-refractivity contribution in [1.82, 2.24) is 10.2 Å². The van der Waals surface area contributed by atoms with E-state index in [-0.39, 0.29) is 11.9 Å². The molecule has 0 aliphatic carbocycles. The monoisotopic (exact) mass is 317 g/mol. The maximum atomic E-state index is 12.2. The molecule has 2 aliphatic rings. The van der Waals surface area contributed by atoms with Gasteiger partial charge < -0.3 is 15.4 Å². The Bertz CT molecular complexity index is 509. The van der Waals surface area contributed by atoms with Crippen LogP contribution in [0.1, 0.15) is 31.2 Å². The summed E-state index contributed by atoms with van der Waals surface area (Å²) in [6.45, 7) is 5.51. The van der Waals surface area contributed by atoms with Gasteiger partial charge in [-0.15, -0.1) is 0 Å². The number of anilines is 1. The summed E-state index contributed by atoms with van der Waals surface area (Å²) in [7, 11) is 0. The van der Waals surface area contributed by atoms with Crippen LogP contribution in [0.4, 0.5) is 5.69 Å². The molecule has 0 spiro atoms. The van der Waals surface area contributed by atoms with Crippen LogP contribution in [0.5, 0.6) is 0 Å². The normalized spacial score (nSPS) is 22.7. The van der Waals surface area contributed by atoms with Crippen LogP contribution < -0.4 is 10.6 Å². The Morgan fingerprint density at radius 1 is 1.30 bits per heavy atom. The number of carbonyl (C=O) groups is 1. The summed E-state index contributed by atoms with van der Waals surface area (Å²) in [4.78, 5) is 14.7. The Balaban J connectivity index is 1.50. The summed E-state index contributed by atoms with van der Waals surface area (Å²) < 4.78 is 5.39. The first-order chi connectivity index (χ1) is 11.3. The van der Waals surface area contributed by atoms with Crippen LogP contribution in [0.15, 0.2) is 24.3 Å². The van der Waals surface area contributed by atoms with Gasteiger partial charge >= 0.3 is 0 Å². The van der Waals surface area contributed by atoms with Gasteiger partial charge in [0.15, 0.2) is 0 Å². The molecule has 0 saturated carbocycles. The highest BCUT2D eigenvalue weighted by Gasteiger charge is 2.17. The van der Waals surface area contributed by atoms with E-state index in [1.807, 2.05) is 12.1 Å². The fourth-order valence-corrected chi connectivity index (χ4v) is 3.31. The van der Waals surface area contributed by atoms with E-state index in [0.717, 1.165) is 25.4 Å². The highest BCUT2D eigenvalue weighted by molar-refractivity contribution is 5.91. The average molecular weight is 317 g/mol. The fraction of sp³-hybridized carbons (Fsp3) is 0.611. The molecule has 2 aliphatic heterocycles. The lowest BCUT2D eigenvalue weighted by molar-refractivity contribution is -0.117. The molecule has 2 heterocycles. The number of benzene rings is 1. The van der Waals surface area contributed by atoms with E-state index >= 15 is 0 Å². The largest absolute Gasteiger partial charge is 0.378 e. The van der Waals surface area contributed by atoms with Gasteiger partial charge in [-0.25, -0.2) is 0 Å². The van der Waals surface area contributed by atoms with E-state index in [1.165, 1.54) is 37.9 Å². The van der Waals surface area contributed by atoms with Gasteiger partial charge in [0.2, 0.25) is 5.91 Å². The molecule has 23 heavy (non-hydrogen) atoms. The minimum Gasteiger partial charge on any atom is -0.378 e. The second-order valence-electron chi connectivity index (χ2n) is 6.52. The molecule has 1 atom stereocenters. The number of amides is 1. The van der Waals surface area contributed by atoms with Gasteiger partial charge in [0.1, 0.15) is 0 Å². The highest BCUT2D eigenvalue weighted by Crippen LogP contribution is 2.16. The number of morpholine rings is 1. The van der Waals surface area contributed by atoms with Crippen molar-refractivity contribution in [3.63, 3.8) is 0 Å². The second kappa shape index (κ2) is 8.43. The summed E-state index contributed by atoms with van der Waals surface area (Å²) in [6.07, 6.45) is 4.40. The van der Waals surface area contributed by atoms with Crippen LogP contribution in [0, 0.1) is 0 Å². The molecule has 2 fully saturated rings. The van der Waals surface area contributed by atoms with Crippen LogP contribution in [-0.2, 0) is 16.1 Å². The van der Waals surface area contributed by atoms with Gasteiger partial charge in [-0.1, -0.05) is 18.6 Å². The Morgan fingerprint density at radius 2 is 2.17 bits per heavy atom. The van der Waals surface area contributed by atoms with E-state index < -0.39 is 0 Å². The van der Waals surface area contributed by atoms with E-state index in [9.17, 15) is 4.79 Å². The van der Waals surface area contributed by atoms with Crippen molar-refractivity contribution < 1.29 is 9.53 Å². The van der Waals surface area contributed by atoms with E-state index in [0.29, 0.717) is 13.0 Å². The molecule has 0 aromatic heterocycles. The van der Waals surface area contributed by atoms with Gasteiger partial charge in [0.25, 0.3) is 0 Å². The zero-order chi connectivity index (χ0) is 15.9. The Hall–Kier alpha value is -1.43. The van der Waals surface area contributed by atoms with Crippen molar-refractivity contribution >= 4 is 11.6 Å². The van der Waals surface area contributed by atoms with Gasteiger partial charge in [-0.3, -0.25) is 9.69 Å². The summed E-state index contributed by atoms with van der Waals surface area (Å²) in [6, 6.07) is 8.34. The third kappa shape index (κ3) is 5.30. The molecule has 2 saturated heterocycles. The predicted molar refractivity (Wildman–Crippen MR) is 91.4 cm³/mol. The first-order valence-electron chi connectivity index (χ1n) is 8.72. The Morgan fingerprint density at radius 3 is 2.96 bits per heavy atom. The fourth-order valence-electron chi connectivity index (χ4n) is 3.31. The molecular weight excluding hydrogens is 290 g/mol. The maximum Gasteiger partial charge on any atom is 0.226 e.